The van der Waals surface area contributed by atoms with Crippen LogP contribution in [-0.4, -0.2) is 31.2 Å². The Morgan fingerprint density at radius 1 is 1.53 bits per heavy atom. The summed E-state index contributed by atoms with van der Waals surface area (Å²) in [6, 6.07) is 0.177. The van der Waals surface area contributed by atoms with Crippen LogP contribution in [-0.2, 0) is 9.53 Å². The van der Waals surface area contributed by atoms with E-state index < -0.39 is 0 Å². The minimum Gasteiger partial charge on any atom is -0.378 e. The quantitative estimate of drug-likeness (QED) is 0.654. The summed E-state index contributed by atoms with van der Waals surface area (Å²) in [5.74, 6) is 0.669. The molecule has 4 nitrogen and oxygen atoms in total. The lowest BCUT2D eigenvalue weighted by molar-refractivity contribution is -0.123. The lowest BCUT2D eigenvalue weighted by atomic mass is 10.2. The first-order valence-corrected chi connectivity index (χ1v) is 5.74. The van der Waals surface area contributed by atoms with E-state index >= 15 is 0 Å². The number of nitrogens with one attached hydrogen (secondary N) is 1. The second-order valence-corrected chi connectivity index (χ2v) is 4.42. The lowest BCUT2D eigenvalue weighted by Crippen LogP contribution is -2.42. The van der Waals surface area contributed by atoms with E-state index in [0.29, 0.717) is 25.5 Å². The standard InChI is InChI=1S/C11H22N2O2/c1-8(2)15-6-5-11(14)13-10(7-12)9-3-4-9/h8-10H,3-7,12H2,1-2H3,(H,13,14). The molecule has 1 amide bonds. The molecule has 0 aromatic heterocycles. The summed E-state index contributed by atoms with van der Waals surface area (Å²) in [6.07, 6.45) is 3.02. The zero-order chi connectivity index (χ0) is 11.3. The minimum atomic E-state index is 0.0537. The molecule has 0 bridgehead atoms. The van der Waals surface area contributed by atoms with E-state index in [1.807, 2.05) is 13.8 Å². The molecule has 0 saturated heterocycles. The van der Waals surface area contributed by atoms with Gasteiger partial charge in [0.05, 0.1) is 12.7 Å². The molecule has 1 aliphatic rings. The summed E-state index contributed by atoms with van der Waals surface area (Å²) in [5.41, 5.74) is 5.59. The molecule has 1 aliphatic carbocycles. The molecule has 15 heavy (non-hydrogen) atoms. The smallest absolute Gasteiger partial charge is 0.222 e. The monoisotopic (exact) mass is 214 g/mol. The van der Waals surface area contributed by atoms with Gasteiger partial charge >= 0.3 is 0 Å². The normalized spacial score (nSPS) is 17.9. The van der Waals surface area contributed by atoms with E-state index in [-0.39, 0.29) is 18.1 Å². The Kier molecular flexibility index (Phi) is 5.05. The van der Waals surface area contributed by atoms with Crippen LogP contribution in [0, 0.1) is 5.92 Å². The van der Waals surface area contributed by atoms with E-state index in [4.69, 9.17) is 10.5 Å². The number of nitrogens with two attached hydrogens (primary N) is 1. The van der Waals surface area contributed by atoms with Gasteiger partial charge in [-0.15, -0.1) is 0 Å². The molecule has 0 spiro atoms. The fourth-order valence-corrected chi connectivity index (χ4v) is 1.53. The molecule has 1 atom stereocenters. The Bertz CT molecular complexity index is 203. The molecule has 1 saturated carbocycles. The van der Waals surface area contributed by atoms with Gasteiger partial charge < -0.3 is 15.8 Å². The fraction of sp³-hybridized carbons (Fsp3) is 0.909. The second kappa shape index (κ2) is 6.08. The molecule has 0 aromatic carbocycles. The highest BCUT2D eigenvalue weighted by Gasteiger charge is 2.30. The Morgan fingerprint density at radius 2 is 2.20 bits per heavy atom. The molecule has 1 rings (SSSR count). The molecule has 0 radical (unpaired) electrons. The van der Waals surface area contributed by atoms with Crippen molar-refractivity contribution < 1.29 is 9.53 Å². The predicted molar refractivity (Wildman–Crippen MR) is 59.4 cm³/mol. The molecule has 88 valence electrons. The number of amides is 1. The zero-order valence-corrected chi connectivity index (χ0v) is 9.66. The van der Waals surface area contributed by atoms with Gasteiger partial charge in [-0.2, -0.15) is 0 Å². The van der Waals surface area contributed by atoms with Crippen molar-refractivity contribution in [3.8, 4) is 0 Å². The third kappa shape index (κ3) is 5.14. The van der Waals surface area contributed by atoms with E-state index in [1.54, 1.807) is 0 Å². The van der Waals surface area contributed by atoms with Crippen molar-refractivity contribution >= 4 is 5.91 Å². The number of carbonyl (C=O) groups is 1. The van der Waals surface area contributed by atoms with Crippen LogP contribution >= 0.6 is 0 Å². The molecule has 1 fully saturated rings. The van der Waals surface area contributed by atoms with Crippen LogP contribution in [0.4, 0.5) is 0 Å². The number of rotatable bonds is 7. The van der Waals surface area contributed by atoms with Crippen molar-refractivity contribution in [2.24, 2.45) is 11.7 Å². The van der Waals surface area contributed by atoms with Crippen molar-refractivity contribution in [3.05, 3.63) is 0 Å². The van der Waals surface area contributed by atoms with Gasteiger partial charge in [0.15, 0.2) is 0 Å². The maximum atomic E-state index is 11.5. The summed E-state index contributed by atoms with van der Waals surface area (Å²) in [7, 11) is 0. The van der Waals surface area contributed by atoms with Crippen molar-refractivity contribution in [1.82, 2.24) is 5.32 Å². The molecular formula is C11H22N2O2. The molecular weight excluding hydrogens is 192 g/mol. The molecule has 1 unspecified atom stereocenters. The Hall–Kier alpha value is -0.610. The van der Waals surface area contributed by atoms with Crippen molar-refractivity contribution in [1.29, 1.82) is 0 Å². The van der Waals surface area contributed by atoms with Crippen LogP contribution < -0.4 is 11.1 Å². The maximum Gasteiger partial charge on any atom is 0.222 e. The summed E-state index contributed by atoms with van der Waals surface area (Å²) in [5, 5.41) is 2.96. The van der Waals surface area contributed by atoms with E-state index in [0.717, 1.165) is 0 Å². The molecule has 4 heteroatoms. The average Bonchev–Trinajstić information content (AvgIpc) is 2.96. The van der Waals surface area contributed by atoms with E-state index in [2.05, 4.69) is 5.32 Å². The van der Waals surface area contributed by atoms with Gasteiger partial charge in [0, 0.05) is 19.0 Å². The highest BCUT2D eigenvalue weighted by Crippen LogP contribution is 2.32. The lowest BCUT2D eigenvalue weighted by Gasteiger charge is -2.16. The number of carbonyl (C=O) groups excluding carboxylic acids is 1. The highest BCUT2D eigenvalue weighted by atomic mass is 16.5. The third-order valence-corrected chi connectivity index (χ3v) is 2.57. The van der Waals surface area contributed by atoms with Gasteiger partial charge in [-0.3, -0.25) is 4.79 Å². The largest absolute Gasteiger partial charge is 0.378 e. The van der Waals surface area contributed by atoms with E-state index in [1.165, 1.54) is 12.8 Å². The first-order valence-electron chi connectivity index (χ1n) is 5.74. The first kappa shape index (κ1) is 12.5. The number of hydrogen-bond donors (Lipinski definition) is 2. The Balaban J connectivity index is 2.11. The topological polar surface area (TPSA) is 64.3 Å². The van der Waals surface area contributed by atoms with Gasteiger partial charge in [0.1, 0.15) is 0 Å². The van der Waals surface area contributed by atoms with Crippen molar-refractivity contribution in [3.63, 3.8) is 0 Å². The van der Waals surface area contributed by atoms with Crippen molar-refractivity contribution in [2.75, 3.05) is 13.2 Å². The minimum absolute atomic E-state index is 0.0537. The first-order chi connectivity index (χ1) is 7.13. The molecule has 0 aromatic rings. The molecule has 0 aliphatic heterocycles. The Morgan fingerprint density at radius 3 is 2.67 bits per heavy atom. The zero-order valence-electron chi connectivity index (χ0n) is 9.66. The van der Waals surface area contributed by atoms with Crippen LogP contribution in [0.25, 0.3) is 0 Å². The average molecular weight is 214 g/mol. The summed E-state index contributed by atoms with van der Waals surface area (Å²) >= 11 is 0. The molecule has 0 heterocycles. The summed E-state index contributed by atoms with van der Waals surface area (Å²) in [6.45, 7) is 4.96. The van der Waals surface area contributed by atoms with Gasteiger partial charge in [-0.25, -0.2) is 0 Å². The SMILES string of the molecule is CC(C)OCCC(=O)NC(CN)C1CC1. The Labute approximate surface area is 91.5 Å². The maximum absolute atomic E-state index is 11.5. The van der Waals surface area contributed by atoms with Crippen LogP contribution in [0.15, 0.2) is 0 Å². The van der Waals surface area contributed by atoms with Gasteiger partial charge in [0.2, 0.25) is 5.91 Å². The van der Waals surface area contributed by atoms with Crippen LogP contribution in [0.5, 0.6) is 0 Å². The second-order valence-electron chi connectivity index (χ2n) is 4.42. The van der Waals surface area contributed by atoms with Crippen LogP contribution in [0.2, 0.25) is 0 Å². The third-order valence-electron chi connectivity index (χ3n) is 2.57. The van der Waals surface area contributed by atoms with Gasteiger partial charge in [-0.1, -0.05) is 0 Å². The summed E-state index contributed by atoms with van der Waals surface area (Å²) < 4.78 is 5.31. The number of ether oxygens (including phenoxy) is 1. The van der Waals surface area contributed by atoms with Gasteiger partial charge in [0.25, 0.3) is 0 Å². The van der Waals surface area contributed by atoms with Gasteiger partial charge in [-0.05, 0) is 32.6 Å². The summed E-state index contributed by atoms with van der Waals surface area (Å²) in [4.78, 5) is 11.5. The molecule has 3 N–H and O–H groups in total. The van der Waals surface area contributed by atoms with E-state index in [9.17, 15) is 4.79 Å². The van der Waals surface area contributed by atoms with Crippen LogP contribution in [0.3, 0.4) is 0 Å². The number of hydrogen-bond acceptors (Lipinski definition) is 3. The van der Waals surface area contributed by atoms with Crippen molar-refractivity contribution in [2.45, 2.75) is 45.3 Å². The fourth-order valence-electron chi connectivity index (χ4n) is 1.53. The van der Waals surface area contributed by atoms with Crippen LogP contribution in [0.1, 0.15) is 33.1 Å². The predicted octanol–water partition coefficient (Wildman–Crippen LogP) is 0.655. The highest BCUT2D eigenvalue weighted by molar-refractivity contribution is 5.76.